The molecule has 33 heavy (non-hydrogen) atoms. The number of aliphatic hydroxyl groups excluding tert-OH is 1. The smallest absolute Gasteiger partial charge is 0.220 e. The monoisotopic (exact) mass is 441 g/mol. The number of pyridine rings is 1. The van der Waals surface area contributed by atoms with E-state index in [4.69, 9.17) is 15.6 Å². The second-order valence-electron chi connectivity index (χ2n) is 7.60. The Morgan fingerprint density at radius 3 is 2.76 bits per heavy atom. The average Bonchev–Trinajstić information content (AvgIpc) is 3.47. The highest BCUT2D eigenvalue weighted by Gasteiger charge is 2.19. The van der Waals surface area contributed by atoms with Gasteiger partial charge in [-0.15, -0.1) is 0 Å². The first kappa shape index (κ1) is 20.8. The molecule has 4 N–H and O–H groups in total. The van der Waals surface area contributed by atoms with Crippen LogP contribution in [0, 0.1) is 0 Å². The predicted molar refractivity (Wildman–Crippen MR) is 125 cm³/mol. The number of nitrogens with zero attached hydrogens (tertiary/aromatic N) is 5. The minimum Gasteiger partial charge on any atom is -0.394 e. The van der Waals surface area contributed by atoms with E-state index in [-0.39, 0.29) is 18.7 Å². The van der Waals surface area contributed by atoms with Gasteiger partial charge in [-0.3, -0.25) is 4.68 Å². The first-order valence-corrected chi connectivity index (χ1v) is 10.5. The lowest BCUT2D eigenvalue weighted by molar-refractivity contribution is 0.133. The summed E-state index contributed by atoms with van der Waals surface area (Å²) in [5.41, 5.74) is 11.9. The number of fused-ring (bicyclic) bond motifs is 1. The van der Waals surface area contributed by atoms with Gasteiger partial charge in [-0.25, -0.2) is 15.0 Å². The molecule has 0 fully saturated rings. The third-order valence-electron chi connectivity index (χ3n) is 5.47. The highest BCUT2D eigenvalue weighted by atomic mass is 16.5. The number of rotatable bonds is 7. The summed E-state index contributed by atoms with van der Waals surface area (Å²) < 4.78 is 7.44. The van der Waals surface area contributed by atoms with E-state index in [0.29, 0.717) is 17.9 Å². The molecule has 0 amide bonds. The van der Waals surface area contributed by atoms with Crippen LogP contribution in [0.1, 0.15) is 17.4 Å². The van der Waals surface area contributed by atoms with Crippen LogP contribution < -0.4 is 5.73 Å². The fourth-order valence-electron chi connectivity index (χ4n) is 3.92. The molecule has 0 aliphatic carbocycles. The molecular weight excluding hydrogens is 418 g/mol. The number of aromatic nitrogens is 6. The number of aliphatic hydroxyl groups is 1. The van der Waals surface area contributed by atoms with Crippen LogP contribution in [-0.2, 0) is 11.3 Å². The minimum atomic E-state index is -0.369. The van der Waals surface area contributed by atoms with Crippen molar-refractivity contribution in [1.29, 1.82) is 0 Å². The molecule has 4 heterocycles. The number of hydrogen-bond acceptors (Lipinski definition) is 7. The number of H-pyrrole nitrogens is 1. The molecule has 0 saturated carbocycles. The summed E-state index contributed by atoms with van der Waals surface area (Å²) in [6.07, 6.45) is 6.93. The average molecular weight is 441 g/mol. The molecule has 9 heteroatoms. The number of nitrogen functional groups attached to an aromatic ring is 1. The maximum atomic E-state index is 9.14. The Labute approximate surface area is 189 Å². The third kappa shape index (κ3) is 4.07. The fraction of sp³-hybridized carbons (Fsp3) is 0.167. The largest absolute Gasteiger partial charge is 0.394 e. The minimum absolute atomic E-state index is 0.0310. The van der Waals surface area contributed by atoms with Crippen LogP contribution in [-0.4, -0.2) is 48.5 Å². The molecule has 5 aromatic rings. The standard InChI is InChI=1S/C24H23N7O2/c1-33-22(15-5-3-2-4-6-15)21-10-20(29-24(25)30-21)19-13-27-23-18(19)9-16(11-26-23)17-12-28-31(14-17)7-8-32/h2-6,9-14,22,32H,7-8H2,1H3,(H,26,27)(H2,25,29,30)/t22-/m1/s1. The first-order valence-electron chi connectivity index (χ1n) is 10.5. The van der Waals surface area contributed by atoms with Crippen molar-refractivity contribution in [1.82, 2.24) is 29.7 Å². The molecule has 0 unspecified atom stereocenters. The van der Waals surface area contributed by atoms with Gasteiger partial charge < -0.3 is 20.6 Å². The van der Waals surface area contributed by atoms with Gasteiger partial charge in [-0.05, 0) is 17.7 Å². The number of hydrogen-bond donors (Lipinski definition) is 3. The van der Waals surface area contributed by atoms with E-state index in [1.807, 2.05) is 54.9 Å². The molecule has 0 radical (unpaired) electrons. The summed E-state index contributed by atoms with van der Waals surface area (Å²) in [6.45, 7) is 0.472. The van der Waals surface area contributed by atoms with Gasteiger partial charge in [-0.2, -0.15) is 5.10 Å². The van der Waals surface area contributed by atoms with Crippen molar-refractivity contribution >= 4 is 17.0 Å². The van der Waals surface area contributed by atoms with Gasteiger partial charge in [0.25, 0.3) is 0 Å². The Kier molecular flexibility index (Phi) is 5.55. The zero-order chi connectivity index (χ0) is 22.8. The van der Waals surface area contributed by atoms with Crippen molar-refractivity contribution in [2.24, 2.45) is 0 Å². The first-order chi connectivity index (χ1) is 16.2. The number of anilines is 1. The molecule has 1 aromatic carbocycles. The summed E-state index contributed by atoms with van der Waals surface area (Å²) in [4.78, 5) is 16.7. The van der Waals surface area contributed by atoms with E-state index in [9.17, 15) is 0 Å². The van der Waals surface area contributed by atoms with Gasteiger partial charge in [0.1, 0.15) is 11.8 Å². The summed E-state index contributed by atoms with van der Waals surface area (Å²) in [6, 6.07) is 13.8. The van der Waals surface area contributed by atoms with Crippen LogP contribution in [0.15, 0.2) is 67.3 Å². The molecule has 0 aliphatic heterocycles. The quantitative estimate of drug-likeness (QED) is 0.354. The van der Waals surface area contributed by atoms with Gasteiger partial charge >= 0.3 is 0 Å². The number of benzene rings is 1. The molecule has 9 nitrogen and oxygen atoms in total. The summed E-state index contributed by atoms with van der Waals surface area (Å²) >= 11 is 0. The summed E-state index contributed by atoms with van der Waals surface area (Å²) in [7, 11) is 1.65. The van der Waals surface area contributed by atoms with E-state index in [2.05, 4.69) is 25.0 Å². The molecule has 0 aliphatic rings. The molecule has 0 bridgehead atoms. The lowest BCUT2D eigenvalue weighted by Gasteiger charge is -2.16. The van der Waals surface area contributed by atoms with E-state index in [1.165, 1.54) is 0 Å². The Morgan fingerprint density at radius 2 is 1.97 bits per heavy atom. The van der Waals surface area contributed by atoms with E-state index in [0.717, 1.165) is 33.3 Å². The highest BCUT2D eigenvalue weighted by Crippen LogP contribution is 2.32. The van der Waals surface area contributed by atoms with E-state index >= 15 is 0 Å². The van der Waals surface area contributed by atoms with Crippen LogP contribution in [0.3, 0.4) is 0 Å². The van der Waals surface area contributed by atoms with Gasteiger partial charge in [0.05, 0.1) is 30.7 Å². The molecule has 5 rings (SSSR count). The normalized spacial score (nSPS) is 12.3. The van der Waals surface area contributed by atoms with Gasteiger partial charge in [0, 0.05) is 47.8 Å². The molecule has 0 spiro atoms. The van der Waals surface area contributed by atoms with Crippen molar-refractivity contribution in [3.8, 4) is 22.4 Å². The van der Waals surface area contributed by atoms with Gasteiger partial charge in [0.15, 0.2) is 0 Å². The van der Waals surface area contributed by atoms with E-state index < -0.39 is 0 Å². The Morgan fingerprint density at radius 1 is 1.12 bits per heavy atom. The third-order valence-corrected chi connectivity index (χ3v) is 5.47. The fourth-order valence-corrected chi connectivity index (χ4v) is 3.92. The number of nitrogens with one attached hydrogen (secondary N) is 1. The molecule has 1 atom stereocenters. The second kappa shape index (κ2) is 8.81. The molecule has 166 valence electrons. The Bertz CT molecular complexity index is 1390. The van der Waals surface area contributed by atoms with Crippen molar-refractivity contribution in [3.05, 3.63) is 78.5 Å². The second-order valence-corrected chi connectivity index (χ2v) is 7.60. The predicted octanol–water partition coefficient (Wildman–Crippen LogP) is 3.19. The van der Waals surface area contributed by atoms with Gasteiger partial charge in [-0.1, -0.05) is 30.3 Å². The maximum absolute atomic E-state index is 9.14. The number of nitrogens with two attached hydrogens (primary N) is 1. The van der Waals surface area contributed by atoms with Crippen molar-refractivity contribution in [2.75, 3.05) is 19.5 Å². The van der Waals surface area contributed by atoms with Crippen molar-refractivity contribution in [2.45, 2.75) is 12.6 Å². The zero-order valence-corrected chi connectivity index (χ0v) is 18.0. The van der Waals surface area contributed by atoms with Crippen molar-refractivity contribution < 1.29 is 9.84 Å². The topological polar surface area (TPSA) is 128 Å². The number of methoxy groups -OCH3 is 1. The van der Waals surface area contributed by atoms with Crippen molar-refractivity contribution in [3.63, 3.8) is 0 Å². The van der Waals surface area contributed by atoms with Crippen LogP contribution in [0.25, 0.3) is 33.4 Å². The Hall–Kier alpha value is -4.08. The molecule has 4 aromatic heterocycles. The van der Waals surface area contributed by atoms with Crippen LogP contribution in [0.5, 0.6) is 0 Å². The summed E-state index contributed by atoms with van der Waals surface area (Å²) in [5.74, 6) is 0.171. The number of ether oxygens (including phenoxy) is 1. The number of aromatic amines is 1. The van der Waals surface area contributed by atoms with E-state index in [1.54, 1.807) is 24.2 Å². The maximum Gasteiger partial charge on any atom is 0.220 e. The molecular formula is C24H23N7O2. The van der Waals surface area contributed by atoms with Crippen LogP contribution >= 0.6 is 0 Å². The lowest BCUT2D eigenvalue weighted by atomic mass is 10.0. The Balaban J connectivity index is 1.57. The zero-order valence-electron chi connectivity index (χ0n) is 18.0. The van der Waals surface area contributed by atoms with Crippen LogP contribution in [0.2, 0.25) is 0 Å². The summed E-state index contributed by atoms with van der Waals surface area (Å²) in [5, 5.41) is 14.3. The lowest BCUT2D eigenvalue weighted by Crippen LogP contribution is -2.09. The van der Waals surface area contributed by atoms with Gasteiger partial charge in [0.2, 0.25) is 5.95 Å². The highest BCUT2D eigenvalue weighted by molar-refractivity contribution is 5.95. The molecule has 0 saturated heterocycles. The van der Waals surface area contributed by atoms with Crippen LogP contribution in [0.4, 0.5) is 5.95 Å². The SMILES string of the molecule is CO[C@H](c1ccccc1)c1cc(-c2c[nH]c3ncc(-c4cnn(CCO)c4)cc23)nc(N)n1.